The molecule has 4 aromatic heterocycles. The SMILES string of the molecule is COC(=O)n1cc(Nc2nc3ccccn3c2-c2cc(N)nc(C)n2)cn1. The van der Waals surface area contributed by atoms with Gasteiger partial charge in [-0.3, -0.25) is 4.40 Å². The lowest BCUT2D eigenvalue weighted by Crippen LogP contribution is -2.11. The number of methoxy groups -OCH3 is 1. The quantitative estimate of drug-likeness (QED) is 0.567. The number of hydrogen-bond donors (Lipinski definition) is 2. The molecule has 136 valence electrons. The van der Waals surface area contributed by atoms with Gasteiger partial charge in [-0.15, -0.1) is 0 Å². The molecule has 27 heavy (non-hydrogen) atoms. The van der Waals surface area contributed by atoms with Gasteiger partial charge in [0.05, 0.1) is 30.9 Å². The van der Waals surface area contributed by atoms with Gasteiger partial charge >= 0.3 is 6.09 Å². The summed E-state index contributed by atoms with van der Waals surface area (Å²) in [6.07, 6.45) is 4.31. The van der Waals surface area contributed by atoms with E-state index < -0.39 is 6.09 Å². The van der Waals surface area contributed by atoms with E-state index in [1.165, 1.54) is 19.5 Å². The number of ether oxygens (including phenoxy) is 1. The number of carbonyl (C=O) groups excluding carboxylic acids is 1. The predicted octanol–water partition coefficient (Wildman–Crippen LogP) is 2.24. The number of aryl methyl sites for hydroxylation is 1. The maximum absolute atomic E-state index is 11.6. The molecule has 0 aliphatic rings. The molecule has 4 rings (SSSR count). The molecule has 4 heterocycles. The van der Waals surface area contributed by atoms with E-state index in [0.717, 1.165) is 10.3 Å². The molecule has 4 aromatic rings. The topological polar surface area (TPSA) is 125 Å². The highest BCUT2D eigenvalue weighted by molar-refractivity contribution is 5.79. The smallest absolute Gasteiger partial charge is 0.434 e. The fourth-order valence-electron chi connectivity index (χ4n) is 2.76. The summed E-state index contributed by atoms with van der Waals surface area (Å²) in [7, 11) is 1.29. The highest BCUT2D eigenvalue weighted by Crippen LogP contribution is 2.30. The average molecular weight is 364 g/mol. The first-order chi connectivity index (χ1) is 13.0. The maximum atomic E-state index is 11.6. The molecular weight excluding hydrogens is 348 g/mol. The van der Waals surface area contributed by atoms with Crippen molar-refractivity contribution >= 4 is 29.1 Å². The van der Waals surface area contributed by atoms with Crippen LogP contribution in [0.15, 0.2) is 42.9 Å². The summed E-state index contributed by atoms with van der Waals surface area (Å²) in [5.74, 6) is 1.47. The molecule has 0 atom stereocenters. The number of anilines is 3. The van der Waals surface area contributed by atoms with Crippen molar-refractivity contribution in [2.24, 2.45) is 0 Å². The third kappa shape index (κ3) is 3.03. The van der Waals surface area contributed by atoms with Gasteiger partial charge in [-0.25, -0.2) is 19.7 Å². The fraction of sp³-hybridized carbons (Fsp3) is 0.118. The molecule has 0 saturated heterocycles. The lowest BCUT2D eigenvalue weighted by molar-refractivity contribution is 0.169. The van der Waals surface area contributed by atoms with Crippen LogP contribution in [-0.4, -0.2) is 42.3 Å². The molecule has 0 fully saturated rings. The number of nitrogens with two attached hydrogens (primary N) is 1. The van der Waals surface area contributed by atoms with E-state index in [1.54, 1.807) is 13.0 Å². The number of nitrogens with zero attached hydrogens (tertiary/aromatic N) is 6. The van der Waals surface area contributed by atoms with Crippen LogP contribution >= 0.6 is 0 Å². The Bertz CT molecular complexity index is 1130. The van der Waals surface area contributed by atoms with Gasteiger partial charge in [0.1, 0.15) is 23.0 Å². The summed E-state index contributed by atoms with van der Waals surface area (Å²) < 4.78 is 7.64. The van der Waals surface area contributed by atoms with Crippen LogP contribution in [0.3, 0.4) is 0 Å². The van der Waals surface area contributed by atoms with E-state index in [2.05, 4.69) is 30.1 Å². The molecule has 0 aliphatic carbocycles. The molecule has 0 bridgehead atoms. The molecule has 3 N–H and O–H groups in total. The van der Waals surface area contributed by atoms with Crippen molar-refractivity contribution < 1.29 is 9.53 Å². The first-order valence-electron chi connectivity index (χ1n) is 8.04. The number of pyridine rings is 1. The van der Waals surface area contributed by atoms with Gasteiger partial charge in [0, 0.05) is 12.3 Å². The number of carbonyl (C=O) groups is 1. The zero-order valence-electron chi connectivity index (χ0n) is 14.6. The Morgan fingerprint density at radius 2 is 2.11 bits per heavy atom. The highest BCUT2D eigenvalue weighted by atomic mass is 16.5. The van der Waals surface area contributed by atoms with E-state index in [1.807, 2.05) is 28.8 Å². The fourth-order valence-corrected chi connectivity index (χ4v) is 2.76. The average Bonchev–Trinajstić information content (AvgIpc) is 3.24. The molecule has 0 unspecified atom stereocenters. The van der Waals surface area contributed by atoms with Gasteiger partial charge < -0.3 is 15.8 Å². The van der Waals surface area contributed by atoms with E-state index >= 15 is 0 Å². The van der Waals surface area contributed by atoms with Crippen molar-refractivity contribution in [1.82, 2.24) is 29.1 Å². The van der Waals surface area contributed by atoms with Crippen LogP contribution in [0.4, 0.5) is 22.1 Å². The van der Waals surface area contributed by atoms with Crippen molar-refractivity contribution in [2.45, 2.75) is 6.92 Å². The van der Waals surface area contributed by atoms with Gasteiger partial charge in [-0.05, 0) is 19.1 Å². The molecule has 0 saturated carbocycles. The summed E-state index contributed by atoms with van der Waals surface area (Å²) in [5, 5.41) is 7.14. The third-order valence-corrected chi connectivity index (χ3v) is 3.84. The minimum absolute atomic E-state index is 0.368. The van der Waals surface area contributed by atoms with E-state index in [4.69, 9.17) is 5.73 Å². The highest BCUT2D eigenvalue weighted by Gasteiger charge is 2.17. The van der Waals surface area contributed by atoms with Gasteiger partial charge in [0.25, 0.3) is 0 Å². The monoisotopic (exact) mass is 364 g/mol. The van der Waals surface area contributed by atoms with Gasteiger partial charge in [0.15, 0.2) is 5.82 Å². The van der Waals surface area contributed by atoms with Crippen LogP contribution < -0.4 is 11.1 Å². The van der Waals surface area contributed by atoms with Gasteiger partial charge in [-0.1, -0.05) is 6.07 Å². The Kier molecular flexibility index (Phi) is 3.92. The molecule has 10 heteroatoms. The molecule has 0 aliphatic heterocycles. The summed E-state index contributed by atoms with van der Waals surface area (Å²) in [6, 6.07) is 7.36. The first kappa shape index (κ1) is 16.5. The van der Waals surface area contributed by atoms with Crippen LogP contribution in [0.5, 0.6) is 0 Å². The Morgan fingerprint density at radius 1 is 1.26 bits per heavy atom. The zero-order valence-corrected chi connectivity index (χ0v) is 14.6. The van der Waals surface area contributed by atoms with Crippen molar-refractivity contribution in [3.05, 3.63) is 48.7 Å². The second-order valence-corrected chi connectivity index (χ2v) is 5.73. The molecule has 0 amide bonds. The first-order valence-corrected chi connectivity index (χ1v) is 8.04. The summed E-state index contributed by atoms with van der Waals surface area (Å²) >= 11 is 0. The number of nitrogen functional groups attached to an aromatic ring is 1. The van der Waals surface area contributed by atoms with Crippen molar-refractivity contribution in [3.63, 3.8) is 0 Å². The molecule has 0 radical (unpaired) electrons. The Morgan fingerprint density at radius 3 is 2.89 bits per heavy atom. The predicted molar refractivity (Wildman–Crippen MR) is 98.7 cm³/mol. The van der Waals surface area contributed by atoms with Crippen LogP contribution in [0, 0.1) is 6.92 Å². The molecule has 0 spiro atoms. The Hall–Kier alpha value is -3.95. The lowest BCUT2D eigenvalue weighted by Gasteiger charge is -2.07. The molecular formula is C17H16N8O2. The number of nitrogens with one attached hydrogen (secondary N) is 1. The number of rotatable bonds is 3. The lowest BCUT2D eigenvalue weighted by atomic mass is 10.2. The summed E-state index contributed by atoms with van der Waals surface area (Å²) in [6.45, 7) is 1.77. The number of aromatic nitrogens is 6. The largest absolute Gasteiger partial charge is 0.451 e. The van der Waals surface area contributed by atoms with Crippen LogP contribution in [-0.2, 0) is 4.74 Å². The summed E-state index contributed by atoms with van der Waals surface area (Å²) in [4.78, 5) is 24.8. The van der Waals surface area contributed by atoms with Crippen molar-refractivity contribution in [1.29, 1.82) is 0 Å². The minimum atomic E-state index is -0.586. The molecule has 10 nitrogen and oxygen atoms in total. The normalized spacial score (nSPS) is 10.9. The van der Waals surface area contributed by atoms with Crippen molar-refractivity contribution in [3.8, 4) is 11.4 Å². The minimum Gasteiger partial charge on any atom is -0.451 e. The Labute approximate surface area is 153 Å². The number of hydrogen-bond acceptors (Lipinski definition) is 8. The Balaban J connectivity index is 1.83. The van der Waals surface area contributed by atoms with E-state index in [-0.39, 0.29) is 0 Å². The van der Waals surface area contributed by atoms with E-state index in [9.17, 15) is 4.79 Å². The second kappa shape index (κ2) is 6.41. The van der Waals surface area contributed by atoms with Gasteiger partial charge in [-0.2, -0.15) is 9.78 Å². The van der Waals surface area contributed by atoms with Crippen LogP contribution in [0.1, 0.15) is 5.82 Å². The maximum Gasteiger partial charge on any atom is 0.434 e. The van der Waals surface area contributed by atoms with Crippen LogP contribution in [0.25, 0.3) is 17.0 Å². The number of imidazole rings is 1. The van der Waals surface area contributed by atoms with E-state index in [0.29, 0.717) is 34.5 Å². The second-order valence-electron chi connectivity index (χ2n) is 5.73. The standard InChI is InChI=1S/C17H16N8O2/c1-10-20-12(7-13(18)21-10)15-16(23-14-5-3-4-6-24(14)15)22-11-8-19-25(9-11)17(26)27-2/h3-9,22H,1-2H3,(H2,18,20,21). The zero-order chi connectivity index (χ0) is 19.0. The van der Waals surface area contributed by atoms with Crippen LogP contribution in [0.2, 0.25) is 0 Å². The van der Waals surface area contributed by atoms with Gasteiger partial charge in [0.2, 0.25) is 0 Å². The molecule has 0 aromatic carbocycles. The van der Waals surface area contributed by atoms with Crippen molar-refractivity contribution in [2.75, 3.05) is 18.2 Å². The summed E-state index contributed by atoms with van der Waals surface area (Å²) in [5.41, 5.74) is 8.54. The third-order valence-electron chi connectivity index (χ3n) is 3.84. The number of fused-ring (bicyclic) bond motifs is 1.